The number of carbonyl (C=O) groups excluding carboxylic acids is 1. The van der Waals surface area contributed by atoms with Crippen LogP contribution < -0.4 is 5.32 Å². The predicted molar refractivity (Wildman–Crippen MR) is 74.7 cm³/mol. The minimum absolute atomic E-state index is 0.0765. The van der Waals surface area contributed by atoms with Crippen molar-refractivity contribution in [2.45, 2.75) is 39.3 Å². The van der Waals surface area contributed by atoms with E-state index >= 15 is 0 Å². The van der Waals surface area contributed by atoms with Crippen LogP contribution in [0.5, 0.6) is 0 Å². The normalized spacial score (nSPS) is 24.6. The molecule has 0 aliphatic heterocycles. The second-order valence-corrected chi connectivity index (χ2v) is 6.09. The third kappa shape index (κ3) is 2.74. The summed E-state index contributed by atoms with van der Waals surface area (Å²) in [5, 5.41) is 5.84. The maximum Gasteiger partial charge on any atom is 0.357 e. The van der Waals surface area contributed by atoms with Gasteiger partial charge in [0.1, 0.15) is 0 Å². The molecule has 106 valence electrons. The van der Waals surface area contributed by atoms with Gasteiger partial charge < -0.3 is 14.8 Å². The van der Waals surface area contributed by atoms with Gasteiger partial charge in [0.15, 0.2) is 10.8 Å². The Labute approximate surface area is 117 Å². The van der Waals surface area contributed by atoms with Crippen LogP contribution in [0.3, 0.4) is 0 Å². The first-order chi connectivity index (χ1) is 8.98. The fourth-order valence-corrected chi connectivity index (χ4v) is 3.04. The molecule has 1 aliphatic carbocycles. The van der Waals surface area contributed by atoms with Crippen LogP contribution in [-0.4, -0.2) is 36.8 Å². The zero-order valence-electron chi connectivity index (χ0n) is 11.7. The van der Waals surface area contributed by atoms with Crippen molar-refractivity contribution in [3.05, 3.63) is 11.1 Å². The van der Waals surface area contributed by atoms with Gasteiger partial charge in [-0.05, 0) is 13.3 Å². The fraction of sp³-hybridized carbons (Fsp3) is 0.692. The van der Waals surface area contributed by atoms with E-state index in [9.17, 15) is 4.79 Å². The van der Waals surface area contributed by atoms with Gasteiger partial charge in [-0.15, -0.1) is 11.3 Å². The molecular formula is C13H20N2O3S. The van der Waals surface area contributed by atoms with Crippen LogP contribution in [0.25, 0.3) is 0 Å². The number of nitrogens with zero attached hydrogens (tertiary/aromatic N) is 1. The summed E-state index contributed by atoms with van der Waals surface area (Å²) in [4.78, 5) is 15.6. The molecule has 0 saturated heterocycles. The zero-order chi connectivity index (χ0) is 14.0. The van der Waals surface area contributed by atoms with Crippen molar-refractivity contribution in [1.82, 2.24) is 4.98 Å². The third-order valence-electron chi connectivity index (χ3n) is 3.74. The average molecular weight is 284 g/mol. The van der Waals surface area contributed by atoms with Gasteiger partial charge in [-0.2, -0.15) is 0 Å². The van der Waals surface area contributed by atoms with Crippen LogP contribution in [0.4, 0.5) is 5.13 Å². The van der Waals surface area contributed by atoms with Gasteiger partial charge in [-0.1, -0.05) is 13.8 Å². The van der Waals surface area contributed by atoms with Crippen molar-refractivity contribution in [1.29, 1.82) is 0 Å². The lowest BCUT2D eigenvalue weighted by molar-refractivity contribution is -0.0976. The first-order valence-corrected chi connectivity index (χ1v) is 7.29. The molecule has 1 N–H and O–H groups in total. The van der Waals surface area contributed by atoms with E-state index in [1.54, 1.807) is 5.38 Å². The van der Waals surface area contributed by atoms with E-state index in [2.05, 4.69) is 28.9 Å². The van der Waals surface area contributed by atoms with Crippen LogP contribution in [0, 0.1) is 5.41 Å². The van der Waals surface area contributed by atoms with Gasteiger partial charge in [0.05, 0.1) is 13.2 Å². The summed E-state index contributed by atoms with van der Waals surface area (Å²) in [6.07, 6.45) is 1.25. The highest BCUT2D eigenvalue weighted by molar-refractivity contribution is 7.13. The summed E-state index contributed by atoms with van der Waals surface area (Å²) in [7, 11) is 1.36. The smallest absolute Gasteiger partial charge is 0.357 e. The number of thiazole rings is 1. The van der Waals surface area contributed by atoms with Crippen LogP contribution in [0.15, 0.2) is 5.38 Å². The molecule has 1 aromatic heterocycles. The molecular weight excluding hydrogens is 264 g/mol. The van der Waals surface area contributed by atoms with Gasteiger partial charge in [0.2, 0.25) is 0 Å². The maximum atomic E-state index is 11.3. The lowest BCUT2D eigenvalue weighted by Gasteiger charge is -2.51. The highest BCUT2D eigenvalue weighted by Crippen LogP contribution is 2.44. The van der Waals surface area contributed by atoms with Gasteiger partial charge in [0.25, 0.3) is 0 Å². The number of esters is 1. The summed E-state index contributed by atoms with van der Waals surface area (Å²) in [6, 6.07) is 0.320. The molecule has 19 heavy (non-hydrogen) atoms. The van der Waals surface area contributed by atoms with Crippen molar-refractivity contribution in [3.8, 4) is 0 Å². The largest absolute Gasteiger partial charge is 0.464 e. The number of hydrogen-bond donors (Lipinski definition) is 1. The molecule has 2 atom stereocenters. The third-order valence-corrected chi connectivity index (χ3v) is 4.52. The van der Waals surface area contributed by atoms with E-state index in [0.29, 0.717) is 11.7 Å². The molecule has 0 bridgehead atoms. The van der Waals surface area contributed by atoms with Crippen molar-refractivity contribution < 1.29 is 14.3 Å². The molecule has 0 spiro atoms. The van der Waals surface area contributed by atoms with Crippen molar-refractivity contribution in [2.75, 3.05) is 19.0 Å². The number of hydrogen-bond acceptors (Lipinski definition) is 6. The molecule has 5 nitrogen and oxygen atoms in total. The Balaban J connectivity index is 1.96. The lowest BCUT2D eigenvalue weighted by Crippen LogP contribution is -2.58. The molecule has 1 aliphatic rings. The van der Waals surface area contributed by atoms with Crippen LogP contribution >= 0.6 is 11.3 Å². The lowest BCUT2D eigenvalue weighted by atomic mass is 9.64. The van der Waals surface area contributed by atoms with Gasteiger partial charge in [0, 0.05) is 23.4 Å². The minimum Gasteiger partial charge on any atom is -0.464 e. The Kier molecular flexibility index (Phi) is 4.10. The first kappa shape index (κ1) is 14.3. The number of nitrogens with one attached hydrogen (secondary N) is 1. The van der Waals surface area contributed by atoms with E-state index in [4.69, 9.17) is 4.74 Å². The molecule has 6 heteroatoms. The second kappa shape index (κ2) is 5.46. The zero-order valence-corrected chi connectivity index (χ0v) is 12.5. The summed E-state index contributed by atoms with van der Waals surface area (Å²) in [5.41, 5.74) is 0.432. The number of anilines is 1. The number of carbonyl (C=O) groups is 1. The van der Waals surface area contributed by atoms with Crippen molar-refractivity contribution in [3.63, 3.8) is 0 Å². The quantitative estimate of drug-likeness (QED) is 0.842. The van der Waals surface area contributed by atoms with Gasteiger partial charge in [-0.3, -0.25) is 0 Å². The second-order valence-electron chi connectivity index (χ2n) is 5.23. The van der Waals surface area contributed by atoms with Gasteiger partial charge in [-0.25, -0.2) is 9.78 Å². The standard InChI is InChI=1S/C13H20N2O3S/c1-5-18-10-6-9(13(10,2)3)15-12-14-8(7-19-12)11(16)17-4/h7,9-10H,5-6H2,1-4H3,(H,14,15). The summed E-state index contributed by atoms with van der Waals surface area (Å²) >= 11 is 1.42. The highest BCUT2D eigenvalue weighted by atomic mass is 32.1. The molecule has 1 saturated carbocycles. The monoisotopic (exact) mass is 284 g/mol. The Morgan fingerprint density at radius 1 is 1.63 bits per heavy atom. The van der Waals surface area contributed by atoms with E-state index in [1.807, 2.05) is 6.92 Å². The molecule has 1 heterocycles. The SMILES string of the molecule is CCOC1CC(Nc2nc(C(=O)OC)cs2)C1(C)C. The molecule has 2 rings (SSSR count). The molecule has 2 unspecified atom stereocenters. The summed E-state index contributed by atoms with van der Waals surface area (Å²) < 4.78 is 10.3. The topological polar surface area (TPSA) is 60.5 Å². The Bertz CT molecular complexity index is 458. The number of methoxy groups -OCH3 is 1. The van der Waals surface area contributed by atoms with Gasteiger partial charge >= 0.3 is 5.97 Å². The summed E-state index contributed by atoms with van der Waals surface area (Å²) in [5.74, 6) is -0.399. The Morgan fingerprint density at radius 2 is 2.37 bits per heavy atom. The minimum atomic E-state index is -0.399. The van der Waals surface area contributed by atoms with Crippen LogP contribution in [0.2, 0.25) is 0 Å². The number of ether oxygens (including phenoxy) is 2. The summed E-state index contributed by atoms with van der Waals surface area (Å²) in [6.45, 7) is 7.12. The van der Waals surface area contributed by atoms with Crippen LogP contribution in [-0.2, 0) is 9.47 Å². The highest BCUT2D eigenvalue weighted by Gasteiger charge is 2.49. The van der Waals surface area contributed by atoms with Crippen molar-refractivity contribution in [2.24, 2.45) is 5.41 Å². The Morgan fingerprint density at radius 3 is 2.95 bits per heavy atom. The Hall–Kier alpha value is -1.14. The number of rotatable bonds is 5. The fourth-order valence-electron chi connectivity index (χ4n) is 2.30. The molecule has 0 aromatic carbocycles. The van der Waals surface area contributed by atoms with E-state index in [0.717, 1.165) is 18.2 Å². The maximum absolute atomic E-state index is 11.3. The number of aromatic nitrogens is 1. The van der Waals surface area contributed by atoms with E-state index < -0.39 is 5.97 Å². The molecule has 0 amide bonds. The van der Waals surface area contributed by atoms with E-state index in [-0.39, 0.29) is 11.5 Å². The predicted octanol–water partition coefficient (Wildman–Crippen LogP) is 2.55. The molecule has 0 radical (unpaired) electrons. The average Bonchev–Trinajstić information content (AvgIpc) is 2.85. The molecule has 1 fully saturated rings. The first-order valence-electron chi connectivity index (χ1n) is 6.41. The van der Waals surface area contributed by atoms with Crippen molar-refractivity contribution >= 4 is 22.4 Å². The van der Waals surface area contributed by atoms with E-state index in [1.165, 1.54) is 18.4 Å². The molecule has 1 aromatic rings. The van der Waals surface area contributed by atoms with Crippen LogP contribution in [0.1, 0.15) is 37.7 Å².